The van der Waals surface area contributed by atoms with Gasteiger partial charge in [0, 0.05) is 42.0 Å². The fourth-order valence-corrected chi connectivity index (χ4v) is 2.62. The quantitative estimate of drug-likeness (QED) is 0.654. The molecule has 1 aromatic carbocycles. The highest BCUT2D eigenvalue weighted by Crippen LogP contribution is 2.28. The van der Waals surface area contributed by atoms with Gasteiger partial charge in [0.1, 0.15) is 5.75 Å². The van der Waals surface area contributed by atoms with E-state index in [0.717, 1.165) is 34.3 Å². The Balaban J connectivity index is 1.64. The number of amides is 1. The van der Waals surface area contributed by atoms with Gasteiger partial charge in [0.05, 0.1) is 13.5 Å². The summed E-state index contributed by atoms with van der Waals surface area (Å²) in [6.07, 6.45) is 4.90. The van der Waals surface area contributed by atoms with E-state index in [2.05, 4.69) is 15.3 Å². The first-order valence-corrected chi connectivity index (χ1v) is 7.30. The number of hydrogen-bond donors (Lipinski definition) is 3. The van der Waals surface area contributed by atoms with Gasteiger partial charge in [-0.15, -0.1) is 0 Å². The first kappa shape index (κ1) is 14.3. The fraction of sp³-hybridized carbons (Fsp3) is 0.235. The molecule has 5 nitrogen and oxygen atoms in total. The van der Waals surface area contributed by atoms with Gasteiger partial charge in [-0.05, 0) is 29.8 Å². The third-order valence-electron chi connectivity index (χ3n) is 3.70. The molecule has 0 saturated heterocycles. The van der Waals surface area contributed by atoms with Crippen molar-refractivity contribution in [2.24, 2.45) is 0 Å². The zero-order valence-corrected chi connectivity index (χ0v) is 12.5. The molecule has 0 fully saturated rings. The number of nitrogens with one attached hydrogen (secondary N) is 3. The molecule has 5 heteroatoms. The zero-order valence-electron chi connectivity index (χ0n) is 12.5. The molecule has 0 bridgehead atoms. The van der Waals surface area contributed by atoms with E-state index < -0.39 is 0 Å². The lowest BCUT2D eigenvalue weighted by molar-refractivity contribution is -0.120. The summed E-state index contributed by atoms with van der Waals surface area (Å²) in [5.74, 6) is 0.797. The molecule has 2 aromatic heterocycles. The number of aromatic amines is 2. The van der Waals surface area contributed by atoms with Crippen LogP contribution in [0.4, 0.5) is 0 Å². The molecule has 0 unspecified atom stereocenters. The Kier molecular flexibility index (Phi) is 4.14. The van der Waals surface area contributed by atoms with Crippen molar-refractivity contribution in [1.82, 2.24) is 15.3 Å². The van der Waals surface area contributed by atoms with Crippen LogP contribution in [0.15, 0.2) is 42.7 Å². The highest BCUT2D eigenvalue weighted by atomic mass is 16.5. The van der Waals surface area contributed by atoms with Crippen LogP contribution in [0, 0.1) is 0 Å². The number of aromatic nitrogens is 2. The van der Waals surface area contributed by atoms with Crippen molar-refractivity contribution in [3.05, 3.63) is 54.0 Å². The second-order valence-corrected chi connectivity index (χ2v) is 5.17. The second kappa shape index (κ2) is 6.39. The van der Waals surface area contributed by atoms with E-state index in [1.54, 1.807) is 7.11 Å². The molecule has 0 spiro atoms. The average Bonchev–Trinajstić information content (AvgIpc) is 3.17. The molecule has 0 saturated carbocycles. The third-order valence-corrected chi connectivity index (χ3v) is 3.70. The lowest BCUT2D eigenvalue weighted by atomic mass is 10.1. The maximum Gasteiger partial charge on any atom is 0.224 e. The number of benzene rings is 1. The summed E-state index contributed by atoms with van der Waals surface area (Å²) in [6, 6.07) is 9.78. The van der Waals surface area contributed by atoms with Crippen molar-refractivity contribution in [3.63, 3.8) is 0 Å². The number of methoxy groups -OCH3 is 1. The first-order chi connectivity index (χ1) is 10.8. The molecular formula is C17H19N3O2. The van der Waals surface area contributed by atoms with E-state index in [4.69, 9.17) is 4.74 Å². The maximum absolute atomic E-state index is 12.1. The number of rotatable bonds is 6. The Hall–Kier alpha value is -2.69. The minimum atomic E-state index is 0.0124. The van der Waals surface area contributed by atoms with E-state index in [0.29, 0.717) is 13.0 Å². The van der Waals surface area contributed by atoms with E-state index in [-0.39, 0.29) is 5.91 Å². The summed E-state index contributed by atoms with van der Waals surface area (Å²) in [5, 5.41) is 3.92. The van der Waals surface area contributed by atoms with Crippen LogP contribution >= 0.6 is 0 Å². The van der Waals surface area contributed by atoms with Gasteiger partial charge >= 0.3 is 0 Å². The van der Waals surface area contributed by atoms with Crippen LogP contribution in [0.2, 0.25) is 0 Å². The lowest BCUT2D eigenvalue weighted by Crippen LogP contribution is -2.27. The number of fused-ring (bicyclic) bond motifs is 1. The summed E-state index contributed by atoms with van der Waals surface area (Å²) in [4.78, 5) is 18.4. The number of hydrogen-bond acceptors (Lipinski definition) is 2. The molecule has 3 aromatic rings. The third kappa shape index (κ3) is 2.98. The van der Waals surface area contributed by atoms with Gasteiger partial charge in [-0.3, -0.25) is 4.79 Å². The SMILES string of the molecule is COc1cccc2[nH]cc(CC(=O)NCCc3ccc[nH]3)c12. The molecule has 3 rings (SSSR count). The molecule has 0 aliphatic carbocycles. The Labute approximate surface area is 128 Å². The fourth-order valence-electron chi connectivity index (χ4n) is 2.62. The van der Waals surface area contributed by atoms with Crippen LogP contribution in [0.5, 0.6) is 5.75 Å². The molecule has 22 heavy (non-hydrogen) atoms. The van der Waals surface area contributed by atoms with E-state index >= 15 is 0 Å². The van der Waals surface area contributed by atoms with E-state index in [1.165, 1.54) is 0 Å². The molecule has 1 amide bonds. The Morgan fingerprint density at radius 2 is 2.14 bits per heavy atom. The van der Waals surface area contributed by atoms with Gasteiger partial charge in [0.15, 0.2) is 0 Å². The van der Waals surface area contributed by atoms with Crippen LogP contribution in [-0.4, -0.2) is 29.5 Å². The van der Waals surface area contributed by atoms with Crippen molar-refractivity contribution >= 4 is 16.8 Å². The van der Waals surface area contributed by atoms with Gasteiger partial charge in [-0.25, -0.2) is 0 Å². The van der Waals surface area contributed by atoms with Crippen molar-refractivity contribution in [2.45, 2.75) is 12.8 Å². The van der Waals surface area contributed by atoms with Crippen molar-refractivity contribution in [3.8, 4) is 5.75 Å². The van der Waals surface area contributed by atoms with Gasteiger partial charge < -0.3 is 20.0 Å². The number of carbonyl (C=O) groups is 1. The Bertz CT molecular complexity index is 759. The Morgan fingerprint density at radius 1 is 1.23 bits per heavy atom. The van der Waals surface area contributed by atoms with Gasteiger partial charge in [0.25, 0.3) is 0 Å². The van der Waals surface area contributed by atoms with Crippen molar-refractivity contribution < 1.29 is 9.53 Å². The minimum Gasteiger partial charge on any atom is -0.496 e. The van der Waals surface area contributed by atoms with Gasteiger partial charge in [-0.1, -0.05) is 6.07 Å². The predicted octanol–water partition coefficient (Wildman–Crippen LogP) is 2.41. The standard InChI is InChI=1S/C17H19N3O2/c1-22-15-6-2-5-14-17(15)12(11-20-14)10-16(21)19-9-7-13-4-3-8-18-13/h2-6,8,11,18,20H,7,9-10H2,1H3,(H,19,21). The van der Waals surface area contributed by atoms with Crippen LogP contribution in [0.1, 0.15) is 11.3 Å². The highest BCUT2D eigenvalue weighted by molar-refractivity contribution is 5.93. The topological polar surface area (TPSA) is 69.9 Å². The number of carbonyl (C=O) groups excluding carboxylic acids is 1. The lowest BCUT2D eigenvalue weighted by Gasteiger charge is -2.06. The van der Waals surface area contributed by atoms with Crippen LogP contribution in [0.25, 0.3) is 10.9 Å². The van der Waals surface area contributed by atoms with Crippen LogP contribution < -0.4 is 10.1 Å². The largest absolute Gasteiger partial charge is 0.496 e. The second-order valence-electron chi connectivity index (χ2n) is 5.17. The van der Waals surface area contributed by atoms with Crippen molar-refractivity contribution in [1.29, 1.82) is 0 Å². The number of H-pyrrole nitrogens is 2. The molecule has 0 aliphatic rings. The highest BCUT2D eigenvalue weighted by Gasteiger charge is 2.12. The monoisotopic (exact) mass is 297 g/mol. The summed E-state index contributed by atoms with van der Waals surface area (Å²) in [6.45, 7) is 0.624. The molecule has 114 valence electrons. The van der Waals surface area contributed by atoms with Crippen molar-refractivity contribution in [2.75, 3.05) is 13.7 Å². The minimum absolute atomic E-state index is 0.0124. The number of ether oxygens (including phenoxy) is 1. The summed E-state index contributed by atoms with van der Waals surface area (Å²) >= 11 is 0. The molecule has 0 atom stereocenters. The zero-order chi connectivity index (χ0) is 15.4. The molecule has 0 radical (unpaired) electrons. The van der Waals surface area contributed by atoms with Crippen LogP contribution in [-0.2, 0) is 17.6 Å². The first-order valence-electron chi connectivity index (χ1n) is 7.30. The molecule has 3 N–H and O–H groups in total. The molecular weight excluding hydrogens is 278 g/mol. The van der Waals surface area contributed by atoms with E-state index in [1.807, 2.05) is 42.7 Å². The predicted molar refractivity (Wildman–Crippen MR) is 86.1 cm³/mol. The van der Waals surface area contributed by atoms with Gasteiger partial charge in [-0.2, -0.15) is 0 Å². The van der Waals surface area contributed by atoms with E-state index in [9.17, 15) is 4.79 Å². The summed E-state index contributed by atoms with van der Waals surface area (Å²) in [7, 11) is 1.64. The van der Waals surface area contributed by atoms with Gasteiger partial charge in [0.2, 0.25) is 5.91 Å². The Morgan fingerprint density at radius 3 is 2.91 bits per heavy atom. The normalized spacial score (nSPS) is 10.8. The van der Waals surface area contributed by atoms with Crippen LogP contribution in [0.3, 0.4) is 0 Å². The average molecular weight is 297 g/mol. The smallest absolute Gasteiger partial charge is 0.224 e. The summed E-state index contributed by atoms with van der Waals surface area (Å²) in [5.41, 5.74) is 3.05. The maximum atomic E-state index is 12.1. The molecule has 2 heterocycles. The molecule has 0 aliphatic heterocycles. The summed E-state index contributed by atoms with van der Waals surface area (Å²) < 4.78 is 5.38.